The molecule has 0 aliphatic carbocycles. The van der Waals surface area contributed by atoms with Gasteiger partial charge in [0.25, 0.3) is 0 Å². The van der Waals surface area contributed by atoms with E-state index >= 15 is 0 Å². The van der Waals surface area contributed by atoms with Gasteiger partial charge in [-0.15, -0.1) is 10.2 Å². The Balaban J connectivity index is 2.35. The van der Waals surface area contributed by atoms with Gasteiger partial charge >= 0.3 is 5.97 Å². The van der Waals surface area contributed by atoms with Crippen LogP contribution in [0.15, 0.2) is 58.7 Å². The molecule has 3 aromatic rings. The van der Waals surface area contributed by atoms with Gasteiger partial charge in [-0.3, -0.25) is 9.13 Å². The standard InChI is InChI=1S/C29H38N4O2/c1-19(2)23-14-10-12-16-25(23)32-21(5)22(6)33(26-17-13-11-15-24(26)20(3)4)28(32)31-30-18-27(34)35-29(7,8)9/h10-20H,1-9H3/b30-18+. The third-order valence-electron chi connectivity index (χ3n) is 5.91. The number of hydrogen-bond acceptors (Lipinski definition) is 4. The van der Waals surface area contributed by atoms with Gasteiger partial charge in [-0.2, -0.15) is 0 Å². The number of imidazole rings is 1. The fraction of sp³-hybridized carbons (Fsp3) is 0.414. The molecule has 0 N–H and O–H groups in total. The van der Waals surface area contributed by atoms with Gasteiger partial charge in [0.05, 0.1) is 11.4 Å². The first-order chi connectivity index (χ1) is 16.4. The average Bonchev–Trinajstić information content (AvgIpc) is 3.02. The predicted molar refractivity (Wildman–Crippen MR) is 143 cm³/mol. The van der Waals surface area contributed by atoms with Crippen molar-refractivity contribution in [3.05, 3.63) is 76.7 Å². The summed E-state index contributed by atoms with van der Waals surface area (Å²) in [5.41, 5.74) is 6.67. The van der Waals surface area contributed by atoms with E-state index in [1.807, 2.05) is 32.9 Å². The Labute approximate surface area is 209 Å². The van der Waals surface area contributed by atoms with E-state index in [1.54, 1.807) is 0 Å². The first-order valence-corrected chi connectivity index (χ1v) is 12.2. The number of ether oxygens (including phenoxy) is 1. The van der Waals surface area contributed by atoms with Crippen molar-refractivity contribution in [2.45, 2.75) is 79.8 Å². The maximum atomic E-state index is 12.3. The van der Waals surface area contributed by atoms with Crippen LogP contribution in [0, 0.1) is 13.8 Å². The zero-order valence-corrected chi connectivity index (χ0v) is 22.5. The number of carbonyl (C=O) groups is 1. The highest BCUT2D eigenvalue weighted by molar-refractivity contribution is 6.23. The highest BCUT2D eigenvalue weighted by Gasteiger charge is 2.20. The summed E-state index contributed by atoms with van der Waals surface area (Å²) in [7, 11) is 0. The molecule has 1 heterocycles. The van der Waals surface area contributed by atoms with Crippen molar-refractivity contribution < 1.29 is 9.53 Å². The van der Waals surface area contributed by atoms with E-state index in [9.17, 15) is 4.79 Å². The predicted octanol–water partition coefficient (Wildman–Crippen LogP) is 6.36. The Morgan fingerprint density at radius 1 is 0.829 bits per heavy atom. The maximum Gasteiger partial charge on any atom is 0.351 e. The van der Waals surface area contributed by atoms with Gasteiger partial charge in [0.2, 0.25) is 5.62 Å². The lowest BCUT2D eigenvalue weighted by Crippen LogP contribution is -2.27. The summed E-state index contributed by atoms with van der Waals surface area (Å²) < 4.78 is 9.64. The minimum absolute atomic E-state index is 0.322. The second-order valence-corrected chi connectivity index (χ2v) is 10.4. The highest BCUT2D eigenvalue weighted by atomic mass is 16.6. The summed E-state index contributed by atoms with van der Waals surface area (Å²) in [5.74, 6) is 0.121. The number of benzene rings is 2. The van der Waals surface area contributed by atoms with Crippen molar-refractivity contribution in [2.24, 2.45) is 10.2 Å². The molecule has 6 nitrogen and oxygen atoms in total. The zero-order valence-electron chi connectivity index (χ0n) is 22.5. The van der Waals surface area contributed by atoms with Gasteiger partial charge < -0.3 is 4.74 Å². The third kappa shape index (κ3) is 5.81. The van der Waals surface area contributed by atoms with Gasteiger partial charge in [-0.25, -0.2) is 4.79 Å². The van der Waals surface area contributed by atoms with Gasteiger partial charge in [0, 0.05) is 11.4 Å². The minimum Gasteiger partial charge on any atom is -0.456 e. The van der Waals surface area contributed by atoms with Crippen molar-refractivity contribution in [2.75, 3.05) is 0 Å². The molecule has 6 heteroatoms. The number of hydrogen-bond donors (Lipinski definition) is 0. The molecule has 3 rings (SSSR count). The largest absolute Gasteiger partial charge is 0.456 e. The van der Waals surface area contributed by atoms with E-state index in [0.717, 1.165) is 29.0 Å². The molecule has 2 aromatic carbocycles. The number of para-hydroxylation sites is 2. The number of esters is 1. The monoisotopic (exact) mass is 474 g/mol. The fourth-order valence-corrected chi connectivity index (χ4v) is 4.20. The topological polar surface area (TPSA) is 60.9 Å². The van der Waals surface area contributed by atoms with Crippen LogP contribution in [0.2, 0.25) is 0 Å². The average molecular weight is 475 g/mol. The van der Waals surface area contributed by atoms with Crippen LogP contribution in [-0.4, -0.2) is 26.9 Å². The first kappa shape index (κ1) is 26.2. The SMILES string of the molecule is Cc1c(C)n(-c2ccccc2C(C)C)c(=N/N=C/C(=O)OC(C)(C)C)n1-c1ccccc1C(C)C. The zero-order chi connectivity index (χ0) is 25.9. The van der Waals surface area contributed by atoms with Crippen LogP contribution in [0.3, 0.4) is 0 Å². The molecule has 0 spiro atoms. The van der Waals surface area contributed by atoms with Gasteiger partial charge in [0.15, 0.2) is 0 Å². The molecule has 0 radical (unpaired) electrons. The Morgan fingerprint density at radius 3 is 1.66 bits per heavy atom. The first-order valence-electron chi connectivity index (χ1n) is 12.2. The Kier molecular flexibility index (Phi) is 7.83. The Bertz CT molecular complexity index is 1220. The molecule has 0 unspecified atom stereocenters. The van der Waals surface area contributed by atoms with Crippen molar-refractivity contribution in [3.8, 4) is 11.4 Å². The van der Waals surface area contributed by atoms with E-state index in [4.69, 9.17) is 4.74 Å². The number of nitrogens with zero attached hydrogens (tertiary/aromatic N) is 4. The molecule has 0 fully saturated rings. The third-order valence-corrected chi connectivity index (χ3v) is 5.91. The number of aromatic nitrogens is 2. The van der Waals surface area contributed by atoms with Crippen molar-refractivity contribution in [1.29, 1.82) is 0 Å². The Morgan fingerprint density at radius 2 is 1.26 bits per heavy atom. The van der Waals surface area contributed by atoms with Gasteiger partial charge in [0.1, 0.15) is 11.8 Å². The van der Waals surface area contributed by atoms with Crippen LogP contribution in [0.25, 0.3) is 11.4 Å². The molecule has 0 amide bonds. The number of rotatable bonds is 6. The highest BCUT2D eigenvalue weighted by Crippen LogP contribution is 2.27. The second-order valence-electron chi connectivity index (χ2n) is 10.4. The van der Waals surface area contributed by atoms with Crippen molar-refractivity contribution in [1.82, 2.24) is 9.13 Å². The lowest BCUT2D eigenvalue weighted by Gasteiger charge is -2.17. The van der Waals surface area contributed by atoms with Crippen LogP contribution >= 0.6 is 0 Å². The second kappa shape index (κ2) is 10.5. The molecule has 0 saturated carbocycles. The maximum absolute atomic E-state index is 12.3. The smallest absolute Gasteiger partial charge is 0.351 e. The summed E-state index contributed by atoms with van der Waals surface area (Å²) in [6.45, 7) is 18.4. The molecule has 0 atom stereocenters. The van der Waals surface area contributed by atoms with Crippen LogP contribution in [0.1, 0.15) is 82.8 Å². The fourth-order valence-electron chi connectivity index (χ4n) is 4.20. The van der Waals surface area contributed by atoms with Crippen LogP contribution in [0.4, 0.5) is 0 Å². The van der Waals surface area contributed by atoms with E-state index in [-0.39, 0.29) is 0 Å². The van der Waals surface area contributed by atoms with Crippen LogP contribution in [-0.2, 0) is 9.53 Å². The summed E-state index contributed by atoms with van der Waals surface area (Å²) in [6.07, 6.45) is 1.14. The molecule has 0 aliphatic heterocycles. The molecule has 0 bridgehead atoms. The van der Waals surface area contributed by atoms with Gasteiger partial charge in [-0.05, 0) is 69.7 Å². The van der Waals surface area contributed by atoms with Crippen molar-refractivity contribution in [3.63, 3.8) is 0 Å². The van der Waals surface area contributed by atoms with E-state index in [0.29, 0.717) is 17.5 Å². The van der Waals surface area contributed by atoms with E-state index in [2.05, 4.69) is 97.3 Å². The quantitative estimate of drug-likeness (QED) is 0.237. The van der Waals surface area contributed by atoms with Crippen LogP contribution < -0.4 is 5.62 Å². The summed E-state index contributed by atoms with van der Waals surface area (Å²) in [4.78, 5) is 12.3. The summed E-state index contributed by atoms with van der Waals surface area (Å²) in [6, 6.07) is 16.7. The molecule has 35 heavy (non-hydrogen) atoms. The molecule has 1 aromatic heterocycles. The molecule has 0 saturated heterocycles. The molecule has 186 valence electrons. The van der Waals surface area contributed by atoms with E-state index in [1.165, 1.54) is 11.1 Å². The molecule has 0 aliphatic rings. The van der Waals surface area contributed by atoms with E-state index < -0.39 is 11.6 Å². The summed E-state index contributed by atoms with van der Waals surface area (Å²) >= 11 is 0. The lowest BCUT2D eigenvalue weighted by atomic mass is 10.0. The lowest BCUT2D eigenvalue weighted by molar-refractivity contribution is -0.145. The van der Waals surface area contributed by atoms with Crippen molar-refractivity contribution >= 4 is 12.2 Å². The Hall–Kier alpha value is -3.41. The molecular formula is C29H38N4O2. The summed E-state index contributed by atoms with van der Waals surface area (Å²) in [5, 5.41) is 8.79. The molecular weight excluding hydrogens is 436 g/mol. The van der Waals surface area contributed by atoms with Crippen LogP contribution in [0.5, 0.6) is 0 Å². The number of carbonyl (C=O) groups excluding carboxylic acids is 1. The normalized spacial score (nSPS) is 12.1. The van der Waals surface area contributed by atoms with Gasteiger partial charge in [-0.1, -0.05) is 64.1 Å². The minimum atomic E-state index is -0.594.